The van der Waals surface area contributed by atoms with E-state index in [4.69, 9.17) is 14.2 Å². The van der Waals surface area contributed by atoms with Crippen LogP contribution >= 0.6 is 15.9 Å². The van der Waals surface area contributed by atoms with Gasteiger partial charge in [0.2, 0.25) is 12.0 Å². The minimum Gasteiger partial charge on any atom is -0.463 e. The van der Waals surface area contributed by atoms with Gasteiger partial charge >= 0.3 is 5.97 Å². The van der Waals surface area contributed by atoms with Crippen molar-refractivity contribution in [1.82, 2.24) is 0 Å². The molecule has 1 heterocycles. The van der Waals surface area contributed by atoms with Crippen LogP contribution < -0.4 is 0 Å². The van der Waals surface area contributed by atoms with Crippen molar-refractivity contribution in [2.24, 2.45) is 5.92 Å². The van der Waals surface area contributed by atoms with E-state index in [1.165, 1.54) is 48.9 Å². The van der Waals surface area contributed by atoms with Crippen molar-refractivity contribution in [1.29, 1.82) is 0 Å². The summed E-state index contributed by atoms with van der Waals surface area (Å²) in [5.74, 6) is -0.0662. The van der Waals surface area contributed by atoms with Gasteiger partial charge in [0.25, 0.3) is 0 Å². The predicted molar refractivity (Wildman–Crippen MR) is 175 cm³/mol. The molecule has 0 aromatic heterocycles. The molecule has 220 valence electrons. The molecule has 3 rings (SSSR count). The Balaban J connectivity index is 2.31. The van der Waals surface area contributed by atoms with Gasteiger partial charge in [-0.1, -0.05) is 136 Å². The minimum atomic E-state index is -1.78. The number of allylic oxidation sites excluding steroid dienone is 1. The summed E-state index contributed by atoms with van der Waals surface area (Å²) in [4.78, 5) is 13.0. The fourth-order valence-corrected chi connectivity index (χ4v) is 24.6. The Bertz CT molecular complexity index is 1060. The summed E-state index contributed by atoms with van der Waals surface area (Å²) >= 11 is 3.63. The first-order valence-electron chi connectivity index (χ1n) is 15.2. The summed E-state index contributed by atoms with van der Waals surface area (Å²) in [6.07, 6.45) is 1.51. The number of halogens is 1. The maximum Gasteiger partial charge on any atom is 0.373 e. The zero-order valence-corrected chi connectivity index (χ0v) is 29.1. The normalized spacial score (nSPS) is 19.7. The molecule has 0 bridgehead atoms. The molecular weight excluding hydrogens is 596 g/mol. The van der Waals surface area contributed by atoms with E-state index in [0.29, 0.717) is 11.8 Å². The molecule has 3 atom stereocenters. The molecule has 40 heavy (non-hydrogen) atoms. The lowest BCUT2D eigenvalue weighted by Crippen LogP contribution is -2.59. The lowest BCUT2D eigenvalue weighted by molar-refractivity contribution is -0.178. The summed E-state index contributed by atoms with van der Waals surface area (Å²) in [5, 5.41) is 0.574. The molecule has 0 unspecified atom stereocenters. The van der Waals surface area contributed by atoms with Crippen LogP contribution in [0.15, 0.2) is 70.9 Å². The fraction of sp³-hybridized carbons (Fsp3) is 0.545. The van der Waals surface area contributed by atoms with Crippen LogP contribution in [-0.4, -0.2) is 35.5 Å². The second-order valence-corrected chi connectivity index (χ2v) is 23.7. The van der Waals surface area contributed by atoms with Gasteiger partial charge in [-0.2, -0.15) is 0 Å². The van der Waals surface area contributed by atoms with Crippen molar-refractivity contribution in [3.63, 3.8) is 0 Å². The molecule has 0 saturated heterocycles. The topological polar surface area (TPSA) is 44.8 Å². The number of ether oxygens (including phenoxy) is 3. The van der Waals surface area contributed by atoms with E-state index in [1.54, 1.807) is 0 Å². The maximum absolute atomic E-state index is 13.0. The van der Waals surface area contributed by atoms with Crippen LogP contribution in [0, 0.1) is 5.92 Å². The predicted octanol–water partition coefficient (Wildman–Crippen LogP) is 9.71. The van der Waals surface area contributed by atoms with Gasteiger partial charge in [-0.15, -0.1) is 0 Å². The minimum absolute atomic E-state index is 0.00484. The van der Waals surface area contributed by atoms with Crippen LogP contribution in [0.5, 0.6) is 0 Å². The number of benzene rings is 2. The summed E-state index contributed by atoms with van der Waals surface area (Å²) in [6, 6.07) is 26.4. The highest BCUT2D eigenvalue weighted by molar-refractivity contribution is 9.10. The van der Waals surface area contributed by atoms with E-state index in [1.807, 2.05) is 18.2 Å². The van der Waals surface area contributed by atoms with Gasteiger partial charge in [0.15, 0.2) is 0 Å². The summed E-state index contributed by atoms with van der Waals surface area (Å²) in [7, 11) is -2.14. The highest BCUT2D eigenvalue weighted by Crippen LogP contribution is 2.56. The first-order valence-corrected chi connectivity index (χ1v) is 21.3. The highest BCUT2D eigenvalue weighted by Gasteiger charge is 2.57. The van der Waals surface area contributed by atoms with E-state index in [-0.39, 0.29) is 17.6 Å². The molecule has 0 fully saturated rings. The van der Waals surface area contributed by atoms with Crippen LogP contribution in [0.1, 0.15) is 58.6 Å². The van der Waals surface area contributed by atoms with Gasteiger partial charge in [0, 0.05) is 16.3 Å². The molecule has 0 aliphatic carbocycles. The number of carbonyl (C=O) groups excluding carboxylic acids is 1. The average molecular weight is 646 g/mol. The molecule has 0 amide bonds. The lowest BCUT2D eigenvalue weighted by Gasteiger charge is -2.55. The van der Waals surface area contributed by atoms with Crippen LogP contribution in [0.3, 0.4) is 0 Å². The zero-order valence-electron chi connectivity index (χ0n) is 25.5. The van der Waals surface area contributed by atoms with E-state index in [2.05, 4.69) is 99.9 Å². The number of rotatable bonds is 14. The van der Waals surface area contributed by atoms with Gasteiger partial charge in [0.1, 0.15) is 0 Å². The second kappa shape index (κ2) is 15.0. The van der Waals surface area contributed by atoms with Gasteiger partial charge in [-0.05, 0) is 34.5 Å². The molecular formula is C33H49BrO4Si2. The molecule has 0 radical (unpaired) electrons. The van der Waals surface area contributed by atoms with Crippen molar-refractivity contribution in [3.8, 4) is 0 Å². The van der Waals surface area contributed by atoms with E-state index < -0.39 is 28.4 Å². The van der Waals surface area contributed by atoms with Crippen molar-refractivity contribution in [2.45, 2.75) is 102 Å². The number of hydrogen-bond donors (Lipinski definition) is 0. The molecule has 4 nitrogen and oxygen atoms in total. The number of esters is 1. The third-order valence-electron chi connectivity index (χ3n) is 10.1. The zero-order chi connectivity index (χ0) is 29.3. The van der Waals surface area contributed by atoms with Crippen molar-refractivity contribution in [2.75, 3.05) is 7.11 Å². The SMILES string of the molecule is CC[Si](CC)(CC)C([C@H]1[C@@H](OCc2ccccc2)OC(C(=O)OC)=C[C@@H]1c1ccc(Br)cc1)[Si](CC)(CC)CC. The second-order valence-electron chi connectivity index (χ2n) is 11.3. The Morgan fingerprint density at radius 3 is 1.85 bits per heavy atom. The molecule has 2 aromatic rings. The molecule has 1 aliphatic rings. The molecule has 7 heteroatoms. The lowest BCUT2D eigenvalue weighted by atomic mass is 9.84. The monoisotopic (exact) mass is 644 g/mol. The number of hydrogen-bond acceptors (Lipinski definition) is 4. The molecule has 1 aliphatic heterocycles. The Hall–Kier alpha value is -1.68. The van der Waals surface area contributed by atoms with Gasteiger partial charge in [0.05, 0.1) is 29.9 Å². The van der Waals surface area contributed by atoms with Gasteiger partial charge in [-0.3, -0.25) is 0 Å². The average Bonchev–Trinajstić information content (AvgIpc) is 3.01. The third-order valence-corrected chi connectivity index (χ3v) is 26.2. The van der Waals surface area contributed by atoms with Crippen LogP contribution in [0.2, 0.25) is 41.4 Å². The smallest absolute Gasteiger partial charge is 0.373 e. The largest absolute Gasteiger partial charge is 0.463 e. The van der Waals surface area contributed by atoms with Gasteiger partial charge < -0.3 is 14.2 Å². The third kappa shape index (κ3) is 6.85. The van der Waals surface area contributed by atoms with Crippen LogP contribution in [0.25, 0.3) is 0 Å². The van der Waals surface area contributed by atoms with Crippen molar-refractivity contribution in [3.05, 3.63) is 82.0 Å². The fourth-order valence-electron chi connectivity index (χ4n) is 7.45. The first kappa shape index (κ1) is 32.8. The van der Waals surface area contributed by atoms with Gasteiger partial charge in [-0.25, -0.2) is 4.79 Å². The standard InChI is InChI=1S/C33H49BrO4Si2/c1-8-39(9-2,10-3)33(40(11-4,12-5)13-6)30-28(26-19-21-27(34)22-20-26)23-29(31(35)36-7)38-32(30)37-24-25-17-15-14-16-18-25/h14-23,28,30,32-33H,8-13,24H2,1-7H3/t28-,30-,32+/m1/s1. The van der Waals surface area contributed by atoms with Crippen LogP contribution in [0.4, 0.5) is 0 Å². The Labute approximate surface area is 253 Å². The van der Waals surface area contributed by atoms with E-state index in [0.717, 1.165) is 10.0 Å². The summed E-state index contributed by atoms with van der Waals surface area (Å²) in [5.41, 5.74) is 2.30. The summed E-state index contributed by atoms with van der Waals surface area (Å²) in [6.45, 7) is 15.0. The van der Waals surface area contributed by atoms with Crippen molar-refractivity contribution >= 4 is 38.0 Å². The summed E-state index contributed by atoms with van der Waals surface area (Å²) < 4.78 is 19.6. The maximum atomic E-state index is 13.0. The Kier molecular flexibility index (Phi) is 12.3. The Morgan fingerprint density at radius 1 is 0.850 bits per heavy atom. The van der Waals surface area contributed by atoms with E-state index in [9.17, 15) is 4.79 Å². The molecule has 0 N–H and O–H groups in total. The quantitative estimate of drug-likeness (QED) is 0.152. The molecule has 0 spiro atoms. The molecule has 0 saturated carbocycles. The van der Waals surface area contributed by atoms with Crippen molar-refractivity contribution < 1.29 is 19.0 Å². The highest BCUT2D eigenvalue weighted by atomic mass is 79.9. The van der Waals surface area contributed by atoms with E-state index >= 15 is 0 Å². The Morgan fingerprint density at radius 2 is 1.38 bits per heavy atom. The first-order chi connectivity index (χ1) is 19.3. The molecule has 2 aromatic carbocycles. The number of carbonyl (C=O) groups is 1. The number of methoxy groups -OCH3 is 1. The van der Waals surface area contributed by atoms with Crippen LogP contribution in [-0.2, 0) is 25.6 Å².